The average Bonchev–Trinajstić information content (AvgIpc) is 2.25. The summed E-state index contributed by atoms with van der Waals surface area (Å²) in [5.41, 5.74) is 0.605. The Labute approximate surface area is 96.6 Å². The molecule has 0 saturated carbocycles. The first-order valence-corrected chi connectivity index (χ1v) is 5.28. The monoisotopic (exact) mass is 270 g/mol. The highest BCUT2D eigenvalue weighted by Crippen LogP contribution is 2.13. The van der Waals surface area contributed by atoms with E-state index in [9.17, 15) is 9.59 Å². The Kier molecular flexibility index (Phi) is 4.49. The highest BCUT2D eigenvalue weighted by molar-refractivity contribution is 9.10. The van der Waals surface area contributed by atoms with Crippen LogP contribution in [-0.2, 0) is 9.53 Å². The average molecular weight is 271 g/mol. The Balaban J connectivity index is 2.58. The van der Waals surface area contributed by atoms with E-state index in [-0.39, 0.29) is 24.6 Å². The first-order chi connectivity index (χ1) is 7.13. The molecule has 0 N–H and O–H groups in total. The Morgan fingerprint density at radius 2 is 2.07 bits per heavy atom. The maximum Gasteiger partial charge on any atom is 0.305 e. The second-order valence-electron chi connectivity index (χ2n) is 3.01. The summed E-state index contributed by atoms with van der Waals surface area (Å²) in [6.07, 6.45) is 0.310. The van der Waals surface area contributed by atoms with Gasteiger partial charge in [0, 0.05) is 16.5 Å². The van der Waals surface area contributed by atoms with Crippen molar-refractivity contribution in [2.45, 2.75) is 12.8 Å². The maximum atomic E-state index is 11.6. The minimum atomic E-state index is -0.363. The number of ketones is 1. The molecule has 0 unspecified atom stereocenters. The van der Waals surface area contributed by atoms with Crippen LogP contribution in [0.3, 0.4) is 0 Å². The fourth-order valence-electron chi connectivity index (χ4n) is 1.12. The Hall–Kier alpha value is -1.16. The van der Waals surface area contributed by atoms with E-state index in [0.29, 0.717) is 5.56 Å². The van der Waals surface area contributed by atoms with Crippen molar-refractivity contribution >= 4 is 27.7 Å². The zero-order valence-corrected chi connectivity index (χ0v) is 9.91. The van der Waals surface area contributed by atoms with E-state index in [1.54, 1.807) is 18.2 Å². The number of hydrogen-bond donors (Lipinski definition) is 0. The quantitative estimate of drug-likeness (QED) is 0.624. The summed E-state index contributed by atoms with van der Waals surface area (Å²) in [6, 6.07) is 7.09. The standard InChI is InChI=1S/C11H11BrO3/c1-15-11(14)6-5-10(13)8-3-2-4-9(12)7-8/h2-4,7H,5-6H2,1H3. The molecule has 0 amide bonds. The van der Waals surface area contributed by atoms with Crippen LogP contribution in [0.25, 0.3) is 0 Å². The van der Waals surface area contributed by atoms with Crippen LogP contribution in [0, 0.1) is 0 Å². The molecule has 3 nitrogen and oxygen atoms in total. The first-order valence-electron chi connectivity index (χ1n) is 4.49. The molecule has 0 atom stereocenters. The van der Waals surface area contributed by atoms with Crippen molar-refractivity contribution in [3.63, 3.8) is 0 Å². The minimum absolute atomic E-state index is 0.0540. The highest BCUT2D eigenvalue weighted by atomic mass is 79.9. The van der Waals surface area contributed by atoms with Gasteiger partial charge in [-0.3, -0.25) is 9.59 Å². The third kappa shape index (κ3) is 3.83. The van der Waals surface area contributed by atoms with Gasteiger partial charge < -0.3 is 4.74 Å². The molecular formula is C11H11BrO3. The highest BCUT2D eigenvalue weighted by Gasteiger charge is 2.09. The third-order valence-electron chi connectivity index (χ3n) is 1.93. The Morgan fingerprint density at radius 3 is 2.67 bits per heavy atom. The minimum Gasteiger partial charge on any atom is -0.469 e. The number of carbonyl (C=O) groups excluding carboxylic acids is 2. The van der Waals surface area contributed by atoms with Gasteiger partial charge in [-0.2, -0.15) is 0 Å². The van der Waals surface area contributed by atoms with Crippen molar-refractivity contribution in [3.05, 3.63) is 34.3 Å². The van der Waals surface area contributed by atoms with E-state index in [2.05, 4.69) is 20.7 Å². The van der Waals surface area contributed by atoms with Crippen LogP contribution in [-0.4, -0.2) is 18.9 Å². The van der Waals surface area contributed by atoms with Crippen LogP contribution in [0.5, 0.6) is 0 Å². The van der Waals surface area contributed by atoms with Gasteiger partial charge in [-0.1, -0.05) is 28.1 Å². The maximum absolute atomic E-state index is 11.6. The number of methoxy groups -OCH3 is 1. The van der Waals surface area contributed by atoms with Crippen LogP contribution in [0.15, 0.2) is 28.7 Å². The number of rotatable bonds is 4. The van der Waals surface area contributed by atoms with Gasteiger partial charge in [0.05, 0.1) is 13.5 Å². The summed E-state index contributed by atoms with van der Waals surface area (Å²) >= 11 is 3.28. The summed E-state index contributed by atoms with van der Waals surface area (Å²) in [5, 5.41) is 0. The summed E-state index contributed by atoms with van der Waals surface area (Å²) in [4.78, 5) is 22.4. The van der Waals surface area contributed by atoms with E-state index in [1.165, 1.54) is 7.11 Å². The van der Waals surface area contributed by atoms with Crippen LogP contribution in [0.1, 0.15) is 23.2 Å². The second-order valence-corrected chi connectivity index (χ2v) is 3.93. The fourth-order valence-corrected chi connectivity index (χ4v) is 1.52. The van der Waals surface area contributed by atoms with Crippen molar-refractivity contribution in [2.75, 3.05) is 7.11 Å². The topological polar surface area (TPSA) is 43.4 Å². The molecule has 0 saturated heterocycles. The van der Waals surface area contributed by atoms with Crippen LogP contribution in [0.4, 0.5) is 0 Å². The lowest BCUT2D eigenvalue weighted by molar-refractivity contribution is -0.140. The van der Waals surface area contributed by atoms with E-state index >= 15 is 0 Å². The van der Waals surface area contributed by atoms with Gasteiger partial charge >= 0.3 is 5.97 Å². The summed E-state index contributed by atoms with van der Waals surface area (Å²) in [5.74, 6) is -0.417. The van der Waals surface area contributed by atoms with Gasteiger partial charge in [0.15, 0.2) is 5.78 Å². The van der Waals surface area contributed by atoms with Crippen molar-refractivity contribution in [1.82, 2.24) is 0 Å². The summed E-state index contributed by atoms with van der Waals surface area (Å²) in [6.45, 7) is 0. The molecule has 0 aliphatic heterocycles. The van der Waals surface area contributed by atoms with Gasteiger partial charge in [0.2, 0.25) is 0 Å². The largest absolute Gasteiger partial charge is 0.469 e. The van der Waals surface area contributed by atoms with Gasteiger partial charge in [0.25, 0.3) is 0 Å². The fraction of sp³-hybridized carbons (Fsp3) is 0.273. The van der Waals surface area contributed by atoms with Crippen LogP contribution in [0.2, 0.25) is 0 Å². The van der Waals surface area contributed by atoms with Gasteiger partial charge in [-0.05, 0) is 12.1 Å². The number of halogens is 1. The normalized spacial score (nSPS) is 9.73. The van der Waals surface area contributed by atoms with E-state index in [0.717, 1.165) is 4.47 Å². The lowest BCUT2D eigenvalue weighted by Crippen LogP contribution is -2.05. The molecule has 0 aliphatic carbocycles. The lowest BCUT2D eigenvalue weighted by Gasteiger charge is -2.00. The molecule has 4 heteroatoms. The molecule has 15 heavy (non-hydrogen) atoms. The summed E-state index contributed by atoms with van der Waals surface area (Å²) < 4.78 is 5.31. The van der Waals surface area contributed by atoms with Gasteiger partial charge in [-0.15, -0.1) is 0 Å². The zero-order chi connectivity index (χ0) is 11.3. The van der Waals surface area contributed by atoms with Crippen molar-refractivity contribution in [3.8, 4) is 0 Å². The number of benzene rings is 1. The Morgan fingerprint density at radius 1 is 1.33 bits per heavy atom. The summed E-state index contributed by atoms with van der Waals surface area (Å²) in [7, 11) is 1.31. The molecule has 80 valence electrons. The van der Waals surface area contributed by atoms with Crippen LogP contribution < -0.4 is 0 Å². The molecule has 0 fully saturated rings. The van der Waals surface area contributed by atoms with Gasteiger partial charge in [0.1, 0.15) is 0 Å². The van der Waals surface area contributed by atoms with Crippen molar-refractivity contribution in [2.24, 2.45) is 0 Å². The van der Waals surface area contributed by atoms with E-state index in [1.807, 2.05) is 6.07 Å². The van der Waals surface area contributed by atoms with Crippen molar-refractivity contribution in [1.29, 1.82) is 0 Å². The second kappa shape index (κ2) is 5.66. The number of ether oxygens (including phenoxy) is 1. The van der Waals surface area contributed by atoms with Crippen LogP contribution >= 0.6 is 15.9 Å². The van der Waals surface area contributed by atoms with E-state index < -0.39 is 0 Å². The molecule has 0 aliphatic rings. The molecule has 1 rings (SSSR count). The smallest absolute Gasteiger partial charge is 0.305 e. The molecule has 0 aromatic heterocycles. The van der Waals surface area contributed by atoms with Crippen molar-refractivity contribution < 1.29 is 14.3 Å². The molecule has 0 bridgehead atoms. The Bertz CT molecular complexity index is 374. The van der Waals surface area contributed by atoms with Gasteiger partial charge in [-0.25, -0.2) is 0 Å². The molecule has 0 spiro atoms. The lowest BCUT2D eigenvalue weighted by atomic mass is 10.1. The SMILES string of the molecule is COC(=O)CCC(=O)c1cccc(Br)c1. The molecule has 0 radical (unpaired) electrons. The zero-order valence-electron chi connectivity index (χ0n) is 8.33. The number of hydrogen-bond acceptors (Lipinski definition) is 3. The first kappa shape index (κ1) is 11.9. The third-order valence-corrected chi connectivity index (χ3v) is 2.42. The molecule has 1 aromatic carbocycles. The molecule has 0 heterocycles. The number of Topliss-reactive ketones (excluding diaryl/α,β-unsaturated/α-hetero) is 1. The molecule has 1 aromatic rings. The predicted octanol–water partition coefficient (Wildman–Crippen LogP) is 2.59. The number of carbonyl (C=O) groups is 2. The van der Waals surface area contributed by atoms with E-state index in [4.69, 9.17) is 0 Å². The molecular weight excluding hydrogens is 260 g/mol. The predicted molar refractivity (Wildman–Crippen MR) is 59.7 cm³/mol. The number of esters is 1.